The molecule has 1 unspecified atom stereocenters. The highest BCUT2D eigenvalue weighted by Gasteiger charge is 2.24. The molecule has 1 aliphatic carbocycles. The van der Waals surface area contributed by atoms with Gasteiger partial charge in [-0.2, -0.15) is 0 Å². The lowest BCUT2D eigenvalue weighted by Gasteiger charge is -2.28. The predicted octanol–water partition coefficient (Wildman–Crippen LogP) is 4.39. The van der Waals surface area contributed by atoms with Crippen LogP contribution in [0.3, 0.4) is 0 Å². The topological polar surface area (TPSA) is 24.4 Å². The third-order valence-electron chi connectivity index (χ3n) is 4.59. The summed E-state index contributed by atoms with van der Waals surface area (Å²) in [6.45, 7) is 2.32. The SMILES string of the molecule is CCC1CCC(NC2=NC(c3ccccc3)CS2)CC1. The minimum atomic E-state index is 0.343. The molecule has 0 radical (unpaired) electrons. The van der Waals surface area contributed by atoms with E-state index in [1.54, 1.807) is 0 Å². The molecule has 1 aromatic rings. The molecular formula is C17H24N2S. The van der Waals surface area contributed by atoms with Gasteiger partial charge in [0, 0.05) is 11.8 Å². The zero-order valence-corrected chi connectivity index (χ0v) is 13.0. The van der Waals surface area contributed by atoms with Crippen molar-refractivity contribution in [1.29, 1.82) is 0 Å². The molecule has 20 heavy (non-hydrogen) atoms. The van der Waals surface area contributed by atoms with Crippen molar-refractivity contribution < 1.29 is 0 Å². The van der Waals surface area contributed by atoms with E-state index >= 15 is 0 Å². The molecule has 0 saturated heterocycles. The van der Waals surface area contributed by atoms with E-state index in [1.165, 1.54) is 42.8 Å². The van der Waals surface area contributed by atoms with E-state index in [-0.39, 0.29) is 0 Å². The third kappa shape index (κ3) is 3.38. The van der Waals surface area contributed by atoms with Gasteiger partial charge >= 0.3 is 0 Å². The molecule has 0 aromatic heterocycles. The summed E-state index contributed by atoms with van der Waals surface area (Å²) in [6, 6.07) is 11.6. The molecule has 0 spiro atoms. The first kappa shape index (κ1) is 14.0. The summed E-state index contributed by atoms with van der Waals surface area (Å²) < 4.78 is 0. The zero-order chi connectivity index (χ0) is 13.8. The largest absolute Gasteiger partial charge is 0.362 e. The van der Waals surface area contributed by atoms with E-state index in [1.807, 2.05) is 11.8 Å². The maximum absolute atomic E-state index is 4.86. The van der Waals surface area contributed by atoms with Crippen LogP contribution in [-0.2, 0) is 0 Å². The van der Waals surface area contributed by atoms with Gasteiger partial charge in [0.25, 0.3) is 0 Å². The van der Waals surface area contributed by atoms with Gasteiger partial charge in [-0.25, -0.2) is 0 Å². The highest BCUT2D eigenvalue weighted by molar-refractivity contribution is 8.14. The van der Waals surface area contributed by atoms with Crippen molar-refractivity contribution in [3.63, 3.8) is 0 Å². The number of rotatable bonds is 3. The van der Waals surface area contributed by atoms with Crippen LogP contribution in [0.1, 0.15) is 50.6 Å². The van der Waals surface area contributed by atoms with Gasteiger partial charge in [0.2, 0.25) is 0 Å². The fraction of sp³-hybridized carbons (Fsp3) is 0.588. The summed E-state index contributed by atoms with van der Waals surface area (Å²) >= 11 is 1.88. The van der Waals surface area contributed by atoms with E-state index in [9.17, 15) is 0 Å². The Hall–Kier alpha value is -0.960. The van der Waals surface area contributed by atoms with E-state index in [0.29, 0.717) is 12.1 Å². The number of thioether (sulfide) groups is 1. The van der Waals surface area contributed by atoms with Crippen LogP contribution in [0.2, 0.25) is 0 Å². The fourth-order valence-electron chi connectivity index (χ4n) is 3.19. The molecule has 1 N–H and O–H groups in total. The Bertz CT molecular complexity index is 449. The number of hydrogen-bond acceptors (Lipinski definition) is 3. The Morgan fingerprint density at radius 1 is 1.15 bits per heavy atom. The Morgan fingerprint density at radius 3 is 2.60 bits per heavy atom. The number of nitrogens with zero attached hydrogens (tertiary/aromatic N) is 1. The van der Waals surface area contributed by atoms with E-state index < -0.39 is 0 Å². The van der Waals surface area contributed by atoms with Crippen molar-refractivity contribution >= 4 is 16.9 Å². The van der Waals surface area contributed by atoms with Crippen molar-refractivity contribution in [2.45, 2.75) is 51.1 Å². The Balaban J connectivity index is 1.54. The minimum Gasteiger partial charge on any atom is -0.362 e. The van der Waals surface area contributed by atoms with Crippen LogP contribution in [0.4, 0.5) is 0 Å². The normalized spacial score (nSPS) is 30.1. The van der Waals surface area contributed by atoms with Crippen molar-refractivity contribution in [2.24, 2.45) is 10.9 Å². The molecule has 108 valence electrons. The molecule has 0 bridgehead atoms. The maximum atomic E-state index is 4.86. The second kappa shape index (κ2) is 6.66. The zero-order valence-electron chi connectivity index (χ0n) is 12.2. The molecule has 1 atom stereocenters. The monoisotopic (exact) mass is 288 g/mol. The maximum Gasteiger partial charge on any atom is 0.157 e. The fourth-order valence-corrected chi connectivity index (χ4v) is 4.22. The standard InChI is InChI=1S/C17H24N2S/c1-2-13-8-10-15(11-9-13)18-17-19-16(12-20-17)14-6-4-3-5-7-14/h3-7,13,15-16H,2,8-12H2,1H3,(H,18,19). The van der Waals surface area contributed by atoms with E-state index in [4.69, 9.17) is 4.99 Å². The Kier molecular flexibility index (Phi) is 4.66. The number of aliphatic imine (C=N–C) groups is 1. The number of hydrogen-bond donors (Lipinski definition) is 1. The van der Waals surface area contributed by atoms with Crippen molar-refractivity contribution in [3.05, 3.63) is 35.9 Å². The summed E-state index contributed by atoms with van der Waals surface area (Å²) in [7, 11) is 0. The molecule has 2 aliphatic rings. The first-order chi connectivity index (χ1) is 9.85. The minimum absolute atomic E-state index is 0.343. The molecule has 1 fully saturated rings. The summed E-state index contributed by atoms with van der Waals surface area (Å²) in [6.07, 6.45) is 6.74. The van der Waals surface area contributed by atoms with Crippen molar-refractivity contribution in [3.8, 4) is 0 Å². The average Bonchev–Trinajstić information content (AvgIpc) is 2.97. The Labute approximate surface area is 126 Å². The molecule has 1 saturated carbocycles. The third-order valence-corrected chi connectivity index (χ3v) is 5.57. The van der Waals surface area contributed by atoms with E-state index in [0.717, 1.165) is 11.7 Å². The van der Waals surface area contributed by atoms with Gasteiger partial charge in [0.05, 0.1) is 6.04 Å². The molecular weight excluding hydrogens is 264 g/mol. The van der Waals surface area contributed by atoms with Crippen LogP contribution >= 0.6 is 11.8 Å². The smallest absolute Gasteiger partial charge is 0.157 e. The molecule has 3 heteroatoms. The molecule has 1 aromatic carbocycles. The van der Waals surface area contributed by atoms with Gasteiger partial charge in [-0.3, -0.25) is 4.99 Å². The van der Waals surface area contributed by atoms with Crippen LogP contribution in [-0.4, -0.2) is 17.0 Å². The quantitative estimate of drug-likeness (QED) is 0.892. The second-order valence-corrected chi connectivity index (χ2v) is 6.95. The van der Waals surface area contributed by atoms with Crippen LogP contribution in [0.15, 0.2) is 35.3 Å². The lowest BCUT2D eigenvalue weighted by atomic mass is 9.85. The Morgan fingerprint density at radius 2 is 1.90 bits per heavy atom. The summed E-state index contributed by atoms with van der Waals surface area (Å²) in [5.74, 6) is 2.04. The molecule has 1 heterocycles. The van der Waals surface area contributed by atoms with Crippen LogP contribution in [0, 0.1) is 5.92 Å². The lowest BCUT2D eigenvalue weighted by molar-refractivity contribution is 0.306. The van der Waals surface area contributed by atoms with Crippen LogP contribution in [0.25, 0.3) is 0 Å². The van der Waals surface area contributed by atoms with Gasteiger partial charge < -0.3 is 5.32 Å². The first-order valence-electron chi connectivity index (χ1n) is 7.87. The highest BCUT2D eigenvalue weighted by Crippen LogP contribution is 2.31. The molecule has 2 nitrogen and oxygen atoms in total. The van der Waals surface area contributed by atoms with Crippen molar-refractivity contribution in [1.82, 2.24) is 5.32 Å². The van der Waals surface area contributed by atoms with Gasteiger partial charge in [-0.1, -0.05) is 55.4 Å². The van der Waals surface area contributed by atoms with Gasteiger partial charge in [0.1, 0.15) is 0 Å². The lowest BCUT2D eigenvalue weighted by Crippen LogP contribution is -2.35. The summed E-state index contributed by atoms with van der Waals surface area (Å²) in [5.41, 5.74) is 1.34. The van der Waals surface area contributed by atoms with Gasteiger partial charge in [-0.05, 0) is 37.2 Å². The summed E-state index contributed by atoms with van der Waals surface area (Å²) in [5, 5.41) is 4.84. The van der Waals surface area contributed by atoms with Crippen molar-refractivity contribution in [2.75, 3.05) is 5.75 Å². The predicted molar refractivity (Wildman–Crippen MR) is 88.2 cm³/mol. The number of benzene rings is 1. The van der Waals surface area contributed by atoms with Crippen LogP contribution in [0.5, 0.6) is 0 Å². The molecule has 0 amide bonds. The molecule has 3 rings (SSSR count). The van der Waals surface area contributed by atoms with Gasteiger partial charge in [-0.15, -0.1) is 0 Å². The second-order valence-electron chi connectivity index (χ2n) is 5.94. The number of amidine groups is 1. The van der Waals surface area contributed by atoms with Crippen LogP contribution < -0.4 is 5.32 Å². The first-order valence-corrected chi connectivity index (χ1v) is 8.85. The van der Waals surface area contributed by atoms with E-state index in [2.05, 4.69) is 42.6 Å². The number of nitrogens with one attached hydrogen (secondary N) is 1. The highest BCUT2D eigenvalue weighted by atomic mass is 32.2. The summed E-state index contributed by atoms with van der Waals surface area (Å²) in [4.78, 5) is 4.86. The molecule has 1 aliphatic heterocycles. The average molecular weight is 288 g/mol. The van der Waals surface area contributed by atoms with Gasteiger partial charge in [0.15, 0.2) is 5.17 Å².